The first-order valence-electron chi connectivity index (χ1n) is 8.66. The number of rotatable bonds is 7. The number of aliphatic hydroxyl groups excluding tert-OH is 1. The Morgan fingerprint density at radius 1 is 1.11 bits per heavy atom. The van der Waals surface area contributed by atoms with Gasteiger partial charge in [0, 0.05) is 16.8 Å². The molecule has 0 amide bonds. The van der Waals surface area contributed by atoms with Gasteiger partial charge in [-0.2, -0.15) is 5.10 Å². The molecule has 0 saturated heterocycles. The molecule has 0 unspecified atom stereocenters. The van der Waals surface area contributed by atoms with Gasteiger partial charge in [0.25, 0.3) is 0 Å². The molecule has 0 aliphatic carbocycles. The smallest absolute Gasteiger partial charge is 0.193 e. The second-order valence-corrected chi connectivity index (χ2v) is 7.14. The maximum atomic E-state index is 12.4. The number of ketones is 1. The van der Waals surface area contributed by atoms with Gasteiger partial charge >= 0.3 is 0 Å². The van der Waals surface area contributed by atoms with Gasteiger partial charge in [0.15, 0.2) is 5.78 Å². The van der Waals surface area contributed by atoms with E-state index in [1.807, 2.05) is 32.0 Å². The standard InChI is InChI=1S/C21H21BrN2O3/c1-14-20(22)15(2)24(23-14)12-18(25)13-27-19-10-8-17(9-11-19)21(26)16-6-4-3-5-7-16/h3-11,18,25H,12-13H2,1-2H3/t18-/m1/s1. The molecule has 1 atom stereocenters. The highest BCUT2D eigenvalue weighted by molar-refractivity contribution is 9.10. The van der Waals surface area contributed by atoms with Crippen molar-refractivity contribution in [3.05, 3.63) is 81.6 Å². The third kappa shape index (κ3) is 4.64. The minimum Gasteiger partial charge on any atom is -0.491 e. The van der Waals surface area contributed by atoms with E-state index >= 15 is 0 Å². The van der Waals surface area contributed by atoms with Crippen LogP contribution in [0.4, 0.5) is 0 Å². The van der Waals surface area contributed by atoms with Gasteiger partial charge in [0.2, 0.25) is 0 Å². The largest absolute Gasteiger partial charge is 0.491 e. The molecule has 0 aliphatic heterocycles. The van der Waals surface area contributed by atoms with Crippen LogP contribution in [0, 0.1) is 13.8 Å². The van der Waals surface area contributed by atoms with Crippen LogP contribution in [0.5, 0.6) is 5.75 Å². The monoisotopic (exact) mass is 428 g/mol. The Kier molecular flexibility index (Phi) is 6.08. The van der Waals surface area contributed by atoms with Gasteiger partial charge in [-0.1, -0.05) is 30.3 Å². The zero-order chi connectivity index (χ0) is 19.4. The second-order valence-electron chi connectivity index (χ2n) is 6.35. The molecule has 1 N–H and O–H groups in total. The molecule has 3 rings (SSSR count). The lowest BCUT2D eigenvalue weighted by Crippen LogP contribution is -2.24. The van der Waals surface area contributed by atoms with Crippen LogP contribution in [0.15, 0.2) is 59.1 Å². The normalized spacial score (nSPS) is 12.0. The van der Waals surface area contributed by atoms with Crippen LogP contribution in [-0.4, -0.2) is 33.4 Å². The molecule has 6 heteroatoms. The van der Waals surface area contributed by atoms with E-state index in [1.165, 1.54) is 0 Å². The number of hydrogen-bond donors (Lipinski definition) is 1. The van der Waals surface area contributed by atoms with E-state index in [2.05, 4.69) is 21.0 Å². The number of ether oxygens (including phenoxy) is 1. The van der Waals surface area contributed by atoms with Crippen molar-refractivity contribution in [3.8, 4) is 5.75 Å². The lowest BCUT2D eigenvalue weighted by molar-refractivity contribution is 0.0886. The molecule has 0 radical (unpaired) electrons. The van der Waals surface area contributed by atoms with E-state index in [0.717, 1.165) is 15.9 Å². The SMILES string of the molecule is Cc1nn(C[C@@H](O)COc2ccc(C(=O)c3ccccc3)cc2)c(C)c1Br. The predicted octanol–water partition coefficient (Wildman–Crippen LogP) is 3.93. The van der Waals surface area contributed by atoms with Crippen LogP contribution >= 0.6 is 15.9 Å². The fraction of sp³-hybridized carbons (Fsp3) is 0.238. The van der Waals surface area contributed by atoms with Crippen molar-refractivity contribution in [1.82, 2.24) is 9.78 Å². The third-order valence-corrected chi connectivity index (χ3v) is 5.42. The molecule has 3 aromatic rings. The van der Waals surface area contributed by atoms with Gasteiger partial charge in [0.1, 0.15) is 18.5 Å². The van der Waals surface area contributed by atoms with Crippen molar-refractivity contribution in [2.24, 2.45) is 0 Å². The van der Waals surface area contributed by atoms with Crippen LogP contribution in [-0.2, 0) is 6.54 Å². The minimum atomic E-state index is -0.694. The molecule has 5 nitrogen and oxygen atoms in total. The number of hydrogen-bond acceptors (Lipinski definition) is 4. The van der Waals surface area contributed by atoms with E-state index < -0.39 is 6.10 Å². The van der Waals surface area contributed by atoms with Crippen molar-refractivity contribution in [2.75, 3.05) is 6.61 Å². The van der Waals surface area contributed by atoms with E-state index in [-0.39, 0.29) is 12.4 Å². The van der Waals surface area contributed by atoms with Gasteiger partial charge in [-0.3, -0.25) is 9.48 Å². The molecule has 1 heterocycles. The maximum absolute atomic E-state index is 12.4. The van der Waals surface area contributed by atoms with E-state index in [0.29, 0.717) is 23.4 Å². The average molecular weight is 429 g/mol. The molecule has 0 bridgehead atoms. The lowest BCUT2D eigenvalue weighted by Gasteiger charge is -2.14. The number of benzene rings is 2. The van der Waals surface area contributed by atoms with Gasteiger partial charge in [-0.25, -0.2) is 0 Å². The Morgan fingerprint density at radius 3 is 2.33 bits per heavy atom. The second kappa shape index (κ2) is 8.50. The quantitative estimate of drug-likeness (QED) is 0.578. The van der Waals surface area contributed by atoms with E-state index in [1.54, 1.807) is 41.1 Å². The van der Waals surface area contributed by atoms with Crippen molar-refractivity contribution >= 4 is 21.7 Å². The summed E-state index contributed by atoms with van der Waals surface area (Å²) in [6.07, 6.45) is -0.694. The number of aromatic nitrogens is 2. The van der Waals surface area contributed by atoms with E-state index in [9.17, 15) is 9.90 Å². The number of carbonyl (C=O) groups excluding carboxylic acids is 1. The van der Waals surface area contributed by atoms with Crippen molar-refractivity contribution in [3.63, 3.8) is 0 Å². The van der Waals surface area contributed by atoms with Gasteiger partial charge < -0.3 is 9.84 Å². The highest BCUT2D eigenvalue weighted by Crippen LogP contribution is 2.20. The summed E-state index contributed by atoms with van der Waals surface area (Å²) >= 11 is 3.48. The van der Waals surface area contributed by atoms with E-state index in [4.69, 9.17) is 4.74 Å². The van der Waals surface area contributed by atoms with Crippen LogP contribution in [0.25, 0.3) is 0 Å². The van der Waals surface area contributed by atoms with Crippen molar-refractivity contribution in [2.45, 2.75) is 26.5 Å². The summed E-state index contributed by atoms with van der Waals surface area (Å²) in [4.78, 5) is 12.4. The van der Waals surface area contributed by atoms with Crippen LogP contribution in [0.1, 0.15) is 27.3 Å². The Morgan fingerprint density at radius 2 is 1.74 bits per heavy atom. The summed E-state index contributed by atoms with van der Waals surface area (Å²) in [6, 6.07) is 16.1. The molecule has 27 heavy (non-hydrogen) atoms. The predicted molar refractivity (Wildman–Crippen MR) is 107 cm³/mol. The molecular weight excluding hydrogens is 408 g/mol. The summed E-state index contributed by atoms with van der Waals surface area (Å²) < 4.78 is 8.36. The molecule has 0 spiro atoms. The number of aryl methyl sites for hydroxylation is 1. The molecule has 0 fully saturated rings. The summed E-state index contributed by atoms with van der Waals surface area (Å²) in [5, 5.41) is 14.6. The molecule has 2 aromatic carbocycles. The molecule has 0 saturated carbocycles. The molecule has 0 aliphatic rings. The Hall–Kier alpha value is -2.44. The molecule has 1 aromatic heterocycles. The number of aliphatic hydroxyl groups is 1. The average Bonchev–Trinajstić information content (AvgIpc) is 2.93. The third-order valence-electron chi connectivity index (χ3n) is 4.27. The Bertz CT molecular complexity index is 921. The minimum absolute atomic E-state index is 0.0303. The van der Waals surface area contributed by atoms with Crippen LogP contribution in [0.3, 0.4) is 0 Å². The molecule has 140 valence electrons. The summed E-state index contributed by atoms with van der Waals surface area (Å²) in [5.74, 6) is 0.575. The Balaban J connectivity index is 1.57. The first-order chi connectivity index (χ1) is 13.0. The fourth-order valence-electron chi connectivity index (χ4n) is 2.76. The lowest BCUT2D eigenvalue weighted by atomic mass is 10.0. The van der Waals surface area contributed by atoms with Gasteiger partial charge in [0.05, 0.1) is 16.7 Å². The zero-order valence-electron chi connectivity index (χ0n) is 15.2. The fourth-order valence-corrected chi connectivity index (χ4v) is 3.04. The van der Waals surface area contributed by atoms with Gasteiger partial charge in [-0.15, -0.1) is 0 Å². The maximum Gasteiger partial charge on any atom is 0.193 e. The molecular formula is C21H21BrN2O3. The summed E-state index contributed by atoms with van der Waals surface area (Å²) in [6.45, 7) is 4.35. The first-order valence-corrected chi connectivity index (χ1v) is 9.45. The highest BCUT2D eigenvalue weighted by atomic mass is 79.9. The van der Waals surface area contributed by atoms with Gasteiger partial charge in [-0.05, 0) is 54.0 Å². The zero-order valence-corrected chi connectivity index (χ0v) is 16.8. The number of halogens is 1. The first kappa shape index (κ1) is 19.3. The Labute approximate surface area is 166 Å². The van der Waals surface area contributed by atoms with Crippen LogP contribution < -0.4 is 4.74 Å². The summed E-state index contributed by atoms with van der Waals surface area (Å²) in [7, 11) is 0. The van der Waals surface area contributed by atoms with Crippen molar-refractivity contribution < 1.29 is 14.6 Å². The number of carbonyl (C=O) groups is 1. The van der Waals surface area contributed by atoms with Crippen molar-refractivity contribution in [1.29, 1.82) is 0 Å². The number of nitrogens with zero attached hydrogens (tertiary/aromatic N) is 2. The highest BCUT2D eigenvalue weighted by Gasteiger charge is 2.14. The topological polar surface area (TPSA) is 64.3 Å². The van der Waals surface area contributed by atoms with Crippen LogP contribution in [0.2, 0.25) is 0 Å². The summed E-state index contributed by atoms with van der Waals surface area (Å²) in [5.41, 5.74) is 3.11.